The molecule has 0 bridgehead atoms. The Morgan fingerprint density at radius 2 is 1.59 bits per heavy atom. The summed E-state index contributed by atoms with van der Waals surface area (Å²) in [4.78, 5) is 28.6. The molecule has 0 aliphatic carbocycles. The smallest absolute Gasteiger partial charge is 0.313 e. The molecule has 4 rings (SSSR count). The molecule has 1 amide bonds. The second kappa shape index (κ2) is 15.7. The van der Waals surface area contributed by atoms with Gasteiger partial charge in [0.15, 0.2) is 14.6 Å². The fourth-order valence-electron chi connectivity index (χ4n) is 5.56. The highest BCUT2D eigenvalue weighted by molar-refractivity contribution is 7.92. The summed E-state index contributed by atoms with van der Waals surface area (Å²) in [5.41, 5.74) is 7.48. The summed E-state index contributed by atoms with van der Waals surface area (Å²) in [5, 5.41) is 0. The standard InChI is InChI=1S/C35H42N2O6S/c1-27(2)25-35(34(39)37-36-30-20-10-5-11-21-30,44(40,41)26-29-17-8-4-9-18-29)31(22-14-19-28-15-6-3-7-16-28)33(38)43-32-23-12-13-24-42-32/h3-11,14-21,27,31-32,36H,12-13,22-26H2,1-2H3,(H,37,39)/b19-14+/t31-,32?,35+/m0/s1. The quantitative estimate of drug-likeness (QED) is 0.161. The topological polar surface area (TPSA) is 111 Å². The van der Waals surface area contributed by atoms with Gasteiger partial charge in [-0.25, -0.2) is 8.42 Å². The van der Waals surface area contributed by atoms with Crippen LogP contribution in [-0.2, 0) is 34.7 Å². The van der Waals surface area contributed by atoms with Crippen LogP contribution in [0, 0.1) is 11.8 Å². The third-order valence-corrected chi connectivity index (χ3v) is 10.1. The van der Waals surface area contributed by atoms with Crippen molar-refractivity contribution < 1.29 is 27.5 Å². The molecule has 0 spiro atoms. The van der Waals surface area contributed by atoms with Crippen LogP contribution in [0.15, 0.2) is 97.1 Å². The van der Waals surface area contributed by atoms with Gasteiger partial charge in [-0.1, -0.05) is 105 Å². The van der Waals surface area contributed by atoms with E-state index in [-0.39, 0.29) is 18.8 Å². The summed E-state index contributed by atoms with van der Waals surface area (Å²) >= 11 is 0. The number of esters is 1. The molecule has 1 aliphatic rings. The van der Waals surface area contributed by atoms with E-state index in [0.717, 1.165) is 18.4 Å². The molecule has 1 aliphatic heterocycles. The first-order chi connectivity index (χ1) is 21.2. The predicted octanol–water partition coefficient (Wildman–Crippen LogP) is 6.32. The van der Waals surface area contributed by atoms with Gasteiger partial charge in [0.2, 0.25) is 6.29 Å². The van der Waals surface area contributed by atoms with Crippen molar-refractivity contribution >= 4 is 33.5 Å². The van der Waals surface area contributed by atoms with Crippen molar-refractivity contribution in [3.05, 3.63) is 108 Å². The molecule has 9 heteroatoms. The molecule has 1 fully saturated rings. The molecule has 3 aromatic rings. The Bertz CT molecular complexity index is 1470. The summed E-state index contributed by atoms with van der Waals surface area (Å²) in [6, 6.07) is 27.1. The first kappa shape index (κ1) is 33.0. The van der Waals surface area contributed by atoms with Gasteiger partial charge in [0.05, 0.1) is 24.0 Å². The Balaban J connectivity index is 1.81. The zero-order valence-electron chi connectivity index (χ0n) is 25.4. The molecule has 234 valence electrons. The lowest BCUT2D eigenvalue weighted by molar-refractivity contribution is -0.192. The number of para-hydroxylation sites is 1. The number of ether oxygens (including phenoxy) is 2. The normalized spacial score (nSPS) is 17.5. The average molecular weight is 619 g/mol. The van der Waals surface area contributed by atoms with Crippen LogP contribution in [0.25, 0.3) is 6.08 Å². The van der Waals surface area contributed by atoms with Crippen molar-refractivity contribution in [2.45, 2.75) is 62.7 Å². The number of amides is 1. The number of hydrogen-bond acceptors (Lipinski definition) is 7. The second-order valence-electron chi connectivity index (χ2n) is 11.5. The summed E-state index contributed by atoms with van der Waals surface area (Å²) in [5.74, 6) is -3.64. The van der Waals surface area contributed by atoms with E-state index in [1.165, 1.54) is 0 Å². The molecule has 1 heterocycles. The number of carbonyl (C=O) groups is 2. The zero-order chi connectivity index (χ0) is 31.4. The van der Waals surface area contributed by atoms with Crippen LogP contribution in [-0.4, -0.2) is 37.9 Å². The minimum atomic E-state index is -4.34. The van der Waals surface area contributed by atoms with Gasteiger partial charge in [0.25, 0.3) is 5.91 Å². The number of carbonyl (C=O) groups excluding carboxylic acids is 2. The van der Waals surface area contributed by atoms with E-state index in [1.807, 2.05) is 56.3 Å². The maximum absolute atomic E-state index is 14.7. The number of rotatable bonds is 14. The van der Waals surface area contributed by atoms with E-state index in [9.17, 15) is 18.0 Å². The molecule has 2 N–H and O–H groups in total. The molecule has 0 saturated carbocycles. The van der Waals surface area contributed by atoms with Crippen molar-refractivity contribution in [1.29, 1.82) is 0 Å². The van der Waals surface area contributed by atoms with Crippen LogP contribution in [0.3, 0.4) is 0 Å². The number of anilines is 1. The monoisotopic (exact) mass is 618 g/mol. The third-order valence-electron chi connectivity index (χ3n) is 7.66. The first-order valence-corrected chi connectivity index (χ1v) is 16.8. The number of allylic oxidation sites excluding steroid dienone is 1. The Labute approximate surface area is 260 Å². The van der Waals surface area contributed by atoms with Gasteiger partial charge in [-0.05, 0) is 54.9 Å². The van der Waals surface area contributed by atoms with E-state index in [0.29, 0.717) is 24.3 Å². The Kier molecular flexibility index (Phi) is 11.7. The van der Waals surface area contributed by atoms with Crippen molar-refractivity contribution in [2.75, 3.05) is 12.0 Å². The lowest BCUT2D eigenvalue weighted by atomic mass is 9.81. The number of nitrogens with one attached hydrogen (secondary N) is 2. The maximum atomic E-state index is 14.7. The number of benzene rings is 3. The number of hydrogen-bond donors (Lipinski definition) is 2. The summed E-state index contributed by atoms with van der Waals surface area (Å²) in [7, 11) is -4.34. The second-order valence-corrected chi connectivity index (χ2v) is 13.8. The average Bonchev–Trinajstić information content (AvgIpc) is 3.02. The fourth-order valence-corrected chi connectivity index (χ4v) is 8.00. The van der Waals surface area contributed by atoms with Gasteiger partial charge in [-0.3, -0.25) is 20.4 Å². The van der Waals surface area contributed by atoms with E-state index in [1.54, 1.807) is 60.7 Å². The molecule has 3 atom stereocenters. The van der Waals surface area contributed by atoms with Crippen molar-refractivity contribution in [3.8, 4) is 0 Å². The van der Waals surface area contributed by atoms with Crippen LogP contribution in [0.1, 0.15) is 57.1 Å². The lowest BCUT2D eigenvalue weighted by Gasteiger charge is -2.39. The molecular formula is C35H42N2O6S. The highest BCUT2D eigenvalue weighted by Gasteiger charge is 2.59. The molecule has 0 radical (unpaired) electrons. The van der Waals surface area contributed by atoms with Gasteiger partial charge in [-0.2, -0.15) is 0 Å². The maximum Gasteiger partial charge on any atom is 0.313 e. The van der Waals surface area contributed by atoms with Gasteiger partial charge in [-0.15, -0.1) is 0 Å². The van der Waals surface area contributed by atoms with Crippen molar-refractivity contribution in [1.82, 2.24) is 5.43 Å². The van der Waals surface area contributed by atoms with E-state index in [2.05, 4.69) is 10.9 Å². The molecule has 44 heavy (non-hydrogen) atoms. The molecule has 1 saturated heterocycles. The Hall–Kier alpha value is -3.95. The summed E-state index contributed by atoms with van der Waals surface area (Å²) < 4.78 is 38.8. The van der Waals surface area contributed by atoms with E-state index < -0.39 is 44.4 Å². The highest BCUT2D eigenvalue weighted by Crippen LogP contribution is 2.40. The molecule has 8 nitrogen and oxygen atoms in total. The third kappa shape index (κ3) is 8.57. The van der Waals surface area contributed by atoms with Crippen LogP contribution in [0.5, 0.6) is 0 Å². The molecular weight excluding hydrogens is 576 g/mol. The molecule has 0 aromatic heterocycles. The summed E-state index contributed by atoms with van der Waals surface area (Å²) in [6.45, 7) is 4.13. The first-order valence-electron chi connectivity index (χ1n) is 15.1. The molecule has 1 unspecified atom stereocenters. The highest BCUT2D eigenvalue weighted by atomic mass is 32.2. The SMILES string of the molecule is CC(C)C[C@](C(=O)NNc1ccccc1)([C@@H](C/C=C/c1ccccc1)C(=O)OC1CCCCO1)S(=O)(=O)Cc1ccccc1. The van der Waals surface area contributed by atoms with Crippen molar-refractivity contribution in [2.24, 2.45) is 11.8 Å². The summed E-state index contributed by atoms with van der Waals surface area (Å²) in [6.07, 6.45) is 4.81. The van der Waals surface area contributed by atoms with E-state index >= 15 is 0 Å². The fraction of sp³-hybridized carbons (Fsp3) is 0.371. The predicted molar refractivity (Wildman–Crippen MR) is 173 cm³/mol. The molecule has 3 aromatic carbocycles. The minimum Gasteiger partial charge on any atom is -0.435 e. The van der Waals surface area contributed by atoms with Gasteiger partial charge in [0, 0.05) is 6.42 Å². The van der Waals surface area contributed by atoms with Crippen LogP contribution in [0.4, 0.5) is 5.69 Å². The number of hydrazine groups is 1. The van der Waals surface area contributed by atoms with Crippen molar-refractivity contribution in [3.63, 3.8) is 0 Å². The number of sulfone groups is 1. The van der Waals surface area contributed by atoms with Gasteiger partial charge in [0.1, 0.15) is 0 Å². The largest absolute Gasteiger partial charge is 0.435 e. The Morgan fingerprint density at radius 3 is 2.20 bits per heavy atom. The Morgan fingerprint density at radius 1 is 0.955 bits per heavy atom. The van der Waals surface area contributed by atoms with Crippen LogP contribution < -0.4 is 10.9 Å². The van der Waals surface area contributed by atoms with Gasteiger partial charge < -0.3 is 9.47 Å². The van der Waals surface area contributed by atoms with Crippen LogP contribution in [0.2, 0.25) is 0 Å². The zero-order valence-corrected chi connectivity index (χ0v) is 26.2. The lowest BCUT2D eigenvalue weighted by Crippen LogP contribution is -2.61. The minimum absolute atomic E-state index is 0.0417. The van der Waals surface area contributed by atoms with Gasteiger partial charge >= 0.3 is 5.97 Å². The van der Waals surface area contributed by atoms with E-state index in [4.69, 9.17) is 9.47 Å². The van der Waals surface area contributed by atoms with Crippen LogP contribution >= 0.6 is 0 Å².